The van der Waals surface area contributed by atoms with Crippen LogP contribution in [0.3, 0.4) is 0 Å². The van der Waals surface area contributed by atoms with Crippen molar-refractivity contribution in [2.45, 2.75) is 37.9 Å². The van der Waals surface area contributed by atoms with E-state index in [1.165, 1.54) is 14.0 Å². The number of benzene rings is 1. The molecule has 21 heavy (non-hydrogen) atoms. The van der Waals surface area contributed by atoms with Gasteiger partial charge in [-0.15, -0.1) is 0 Å². The average Bonchev–Trinajstić information content (AvgIpc) is 3.23. The Balaban J connectivity index is 1.84. The topological polar surface area (TPSA) is 73.0 Å². The Morgan fingerprint density at radius 1 is 1.24 bits per heavy atom. The second-order valence-corrected chi connectivity index (χ2v) is 5.07. The quantitative estimate of drug-likeness (QED) is 0.332. The predicted molar refractivity (Wildman–Crippen MR) is 74.9 cm³/mol. The van der Waals surface area contributed by atoms with E-state index >= 15 is 0 Å². The molecule has 2 atom stereocenters. The van der Waals surface area contributed by atoms with E-state index in [-0.39, 0.29) is 11.6 Å². The minimum absolute atomic E-state index is 0.0442. The first-order valence-corrected chi connectivity index (χ1v) is 6.88. The standard InChI is InChI=1S/C16H18O5/c1-11(17)16(15(19)20-2)14(21-16)10-6-9-13(18)12-7-4-3-5-8-12/h3-5,7-8,14H,6,9-10H2,1-2H3. The number of carbonyl (C=O) groups excluding carboxylic acids is 3. The van der Waals surface area contributed by atoms with Gasteiger partial charge in [-0.25, -0.2) is 4.79 Å². The molecule has 1 aromatic rings. The minimum Gasteiger partial charge on any atom is -0.466 e. The summed E-state index contributed by atoms with van der Waals surface area (Å²) < 4.78 is 9.88. The van der Waals surface area contributed by atoms with E-state index < -0.39 is 17.7 Å². The summed E-state index contributed by atoms with van der Waals surface area (Å²) in [7, 11) is 1.23. The van der Waals surface area contributed by atoms with Crippen molar-refractivity contribution in [3.8, 4) is 0 Å². The Morgan fingerprint density at radius 3 is 2.48 bits per heavy atom. The SMILES string of the molecule is COC(=O)C1(C(C)=O)OC1CCCC(=O)c1ccccc1. The van der Waals surface area contributed by atoms with E-state index in [4.69, 9.17) is 4.74 Å². The molecule has 0 amide bonds. The molecular formula is C16H18O5. The molecule has 1 aliphatic rings. The van der Waals surface area contributed by atoms with Crippen molar-refractivity contribution in [1.82, 2.24) is 0 Å². The van der Waals surface area contributed by atoms with Crippen LogP contribution < -0.4 is 0 Å². The third-order valence-electron chi connectivity index (χ3n) is 3.70. The molecule has 0 N–H and O–H groups in total. The van der Waals surface area contributed by atoms with Gasteiger partial charge >= 0.3 is 5.97 Å². The summed E-state index contributed by atoms with van der Waals surface area (Å²) in [6, 6.07) is 9.02. The number of carbonyl (C=O) groups is 3. The molecule has 0 aromatic heterocycles. The maximum atomic E-state index is 11.9. The van der Waals surface area contributed by atoms with Gasteiger partial charge in [-0.2, -0.15) is 0 Å². The van der Waals surface area contributed by atoms with Gasteiger partial charge in [-0.1, -0.05) is 30.3 Å². The third-order valence-corrected chi connectivity index (χ3v) is 3.70. The van der Waals surface area contributed by atoms with Crippen molar-refractivity contribution < 1.29 is 23.9 Å². The Hall–Kier alpha value is -2.01. The molecule has 5 heteroatoms. The van der Waals surface area contributed by atoms with E-state index in [1.54, 1.807) is 12.1 Å². The van der Waals surface area contributed by atoms with Crippen LogP contribution in [-0.4, -0.2) is 36.4 Å². The Bertz CT molecular complexity index is 551. The number of esters is 1. The van der Waals surface area contributed by atoms with Crippen molar-refractivity contribution in [2.24, 2.45) is 0 Å². The zero-order valence-corrected chi connectivity index (χ0v) is 12.1. The summed E-state index contributed by atoms with van der Waals surface area (Å²) in [6.45, 7) is 1.31. The van der Waals surface area contributed by atoms with Crippen LogP contribution in [0.15, 0.2) is 30.3 Å². The van der Waals surface area contributed by atoms with E-state index in [1.807, 2.05) is 18.2 Å². The van der Waals surface area contributed by atoms with Crippen molar-refractivity contribution in [2.75, 3.05) is 7.11 Å². The van der Waals surface area contributed by atoms with Gasteiger partial charge in [0.05, 0.1) is 7.11 Å². The number of rotatable bonds is 7. The van der Waals surface area contributed by atoms with Crippen molar-refractivity contribution >= 4 is 17.5 Å². The highest BCUT2D eigenvalue weighted by Gasteiger charge is 2.67. The van der Waals surface area contributed by atoms with E-state index in [9.17, 15) is 14.4 Å². The van der Waals surface area contributed by atoms with E-state index in [2.05, 4.69) is 4.74 Å². The molecule has 1 saturated heterocycles. The van der Waals surface area contributed by atoms with Crippen LogP contribution in [0.5, 0.6) is 0 Å². The molecule has 1 heterocycles. The summed E-state index contributed by atoms with van der Waals surface area (Å²) in [5.41, 5.74) is -0.773. The molecule has 1 aliphatic heterocycles. The molecule has 112 valence electrons. The fraction of sp³-hybridized carbons (Fsp3) is 0.438. The largest absolute Gasteiger partial charge is 0.466 e. The van der Waals surface area contributed by atoms with Gasteiger partial charge in [0.2, 0.25) is 5.60 Å². The van der Waals surface area contributed by atoms with Gasteiger partial charge in [0, 0.05) is 12.0 Å². The first kappa shape index (κ1) is 15.4. The van der Waals surface area contributed by atoms with Crippen LogP contribution in [0.2, 0.25) is 0 Å². The average molecular weight is 290 g/mol. The highest BCUT2D eigenvalue weighted by molar-refractivity contribution is 6.09. The fourth-order valence-electron chi connectivity index (χ4n) is 2.45. The van der Waals surface area contributed by atoms with E-state index in [0.717, 1.165) is 0 Å². The number of epoxide rings is 1. The molecule has 1 aromatic carbocycles. The van der Waals surface area contributed by atoms with Gasteiger partial charge in [-0.05, 0) is 19.8 Å². The normalized spacial score (nSPS) is 23.4. The summed E-state index contributed by atoms with van der Waals surface area (Å²) in [6.07, 6.45) is 0.919. The highest BCUT2D eigenvalue weighted by atomic mass is 16.7. The Kier molecular flexibility index (Phi) is 4.53. The molecular weight excluding hydrogens is 272 g/mol. The van der Waals surface area contributed by atoms with Crippen LogP contribution in [0, 0.1) is 0 Å². The lowest BCUT2D eigenvalue weighted by Crippen LogP contribution is -2.36. The number of ether oxygens (including phenoxy) is 2. The van der Waals surface area contributed by atoms with Gasteiger partial charge in [-0.3, -0.25) is 9.59 Å². The first-order valence-electron chi connectivity index (χ1n) is 6.88. The van der Waals surface area contributed by atoms with Crippen molar-refractivity contribution in [1.29, 1.82) is 0 Å². The smallest absolute Gasteiger partial charge is 0.348 e. The van der Waals surface area contributed by atoms with Crippen molar-refractivity contribution in [3.05, 3.63) is 35.9 Å². The molecule has 0 spiro atoms. The number of Topliss-reactive ketones (excluding diaryl/α,β-unsaturated/α-hetero) is 2. The van der Waals surface area contributed by atoms with E-state index in [0.29, 0.717) is 24.8 Å². The van der Waals surface area contributed by atoms with Crippen LogP contribution in [-0.2, 0) is 19.1 Å². The Labute approximate surface area is 123 Å². The molecule has 0 saturated carbocycles. The zero-order chi connectivity index (χ0) is 15.5. The summed E-state index contributed by atoms with van der Waals surface area (Å²) in [4.78, 5) is 35.1. The predicted octanol–water partition coefficient (Wildman–Crippen LogP) is 1.94. The molecule has 1 fully saturated rings. The van der Waals surface area contributed by atoms with Gasteiger partial charge < -0.3 is 9.47 Å². The fourth-order valence-corrected chi connectivity index (χ4v) is 2.45. The Morgan fingerprint density at radius 2 is 1.90 bits per heavy atom. The summed E-state index contributed by atoms with van der Waals surface area (Å²) >= 11 is 0. The monoisotopic (exact) mass is 290 g/mol. The molecule has 2 unspecified atom stereocenters. The molecule has 0 bridgehead atoms. The molecule has 0 radical (unpaired) electrons. The van der Waals surface area contributed by atoms with Crippen LogP contribution in [0.4, 0.5) is 0 Å². The van der Waals surface area contributed by atoms with Gasteiger partial charge in [0.25, 0.3) is 0 Å². The number of methoxy groups -OCH3 is 1. The molecule has 2 rings (SSSR count). The van der Waals surface area contributed by atoms with Gasteiger partial charge in [0.1, 0.15) is 6.10 Å². The third kappa shape index (κ3) is 3.03. The number of hydrogen-bond acceptors (Lipinski definition) is 5. The van der Waals surface area contributed by atoms with Crippen molar-refractivity contribution in [3.63, 3.8) is 0 Å². The van der Waals surface area contributed by atoms with Crippen LogP contribution in [0.25, 0.3) is 0 Å². The molecule has 0 aliphatic carbocycles. The zero-order valence-electron chi connectivity index (χ0n) is 12.1. The first-order chi connectivity index (χ1) is 10.0. The maximum absolute atomic E-state index is 11.9. The molecule has 5 nitrogen and oxygen atoms in total. The highest BCUT2D eigenvalue weighted by Crippen LogP contribution is 2.41. The second-order valence-electron chi connectivity index (χ2n) is 5.07. The van der Waals surface area contributed by atoms with Crippen LogP contribution in [0.1, 0.15) is 36.5 Å². The maximum Gasteiger partial charge on any atom is 0.348 e. The number of hydrogen-bond donors (Lipinski definition) is 0. The van der Waals surface area contributed by atoms with Gasteiger partial charge in [0.15, 0.2) is 11.6 Å². The summed E-state index contributed by atoms with van der Waals surface area (Å²) in [5, 5.41) is 0. The minimum atomic E-state index is -1.44. The second kappa shape index (κ2) is 6.18. The van der Waals surface area contributed by atoms with Crippen LogP contribution >= 0.6 is 0 Å². The lowest BCUT2D eigenvalue weighted by molar-refractivity contribution is -0.150. The lowest BCUT2D eigenvalue weighted by Gasteiger charge is -2.06. The summed E-state index contributed by atoms with van der Waals surface area (Å²) in [5.74, 6) is -0.967. The lowest BCUT2D eigenvalue weighted by atomic mass is 9.96. The number of ketones is 2.